The van der Waals surface area contributed by atoms with Crippen LogP contribution in [-0.4, -0.2) is 33.2 Å². The van der Waals surface area contributed by atoms with E-state index in [0.717, 1.165) is 23.9 Å². The zero-order valence-electron chi connectivity index (χ0n) is 14.2. The normalized spacial score (nSPS) is 27.9. The van der Waals surface area contributed by atoms with Crippen molar-refractivity contribution in [3.8, 4) is 0 Å². The van der Waals surface area contributed by atoms with E-state index in [0.29, 0.717) is 29.1 Å². The number of carbonyl (C=O) groups is 1. The van der Waals surface area contributed by atoms with Crippen molar-refractivity contribution < 1.29 is 4.79 Å². The summed E-state index contributed by atoms with van der Waals surface area (Å²) in [4.78, 5) is 17.0. The van der Waals surface area contributed by atoms with Gasteiger partial charge in [-0.1, -0.05) is 6.42 Å². The van der Waals surface area contributed by atoms with E-state index in [-0.39, 0.29) is 36.8 Å². The van der Waals surface area contributed by atoms with Crippen LogP contribution in [0.5, 0.6) is 0 Å². The summed E-state index contributed by atoms with van der Waals surface area (Å²) in [5.74, 6) is 1.01. The maximum Gasteiger partial charge on any atom is 0.253 e. The lowest BCUT2D eigenvalue weighted by Gasteiger charge is -2.45. The van der Waals surface area contributed by atoms with E-state index in [1.54, 1.807) is 6.20 Å². The summed E-state index contributed by atoms with van der Waals surface area (Å²) < 4.78 is 0. The molecule has 2 bridgehead atoms. The lowest BCUT2D eigenvalue weighted by Crippen LogP contribution is -2.53. The van der Waals surface area contributed by atoms with E-state index in [4.69, 9.17) is 5.73 Å². The molecule has 0 radical (unpaired) electrons. The molecule has 2 fully saturated rings. The van der Waals surface area contributed by atoms with Gasteiger partial charge in [0.05, 0.1) is 5.56 Å². The minimum atomic E-state index is -0.0302. The maximum absolute atomic E-state index is 12.7. The average Bonchev–Trinajstić information content (AvgIpc) is 2.89. The van der Waals surface area contributed by atoms with Gasteiger partial charge >= 0.3 is 0 Å². The molecular weight excluding hydrogens is 361 g/mol. The van der Waals surface area contributed by atoms with Crippen LogP contribution in [0.15, 0.2) is 12.3 Å². The fourth-order valence-electron chi connectivity index (χ4n) is 4.40. The third-order valence-electron chi connectivity index (χ3n) is 5.54. The molecule has 4 rings (SSSR count). The zero-order chi connectivity index (χ0) is 16.0. The van der Waals surface area contributed by atoms with Gasteiger partial charge in [0.1, 0.15) is 0 Å². The van der Waals surface area contributed by atoms with E-state index >= 15 is 0 Å². The van der Waals surface area contributed by atoms with Crippen LogP contribution in [0.25, 0.3) is 11.0 Å². The Balaban J connectivity index is 0.00000113. The van der Waals surface area contributed by atoms with Crippen LogP contribution in [-0.2, 0) is 0 Å². The van der Waals surface area contributed by atoms with Gasteiger partial charge in [-0.3, -0.25) is 9.89 Å². The number of fused-ring (bicyclic) bond motifs is 3. The second kappa shape index (κ2) is 7.89. The molecule has 0 aliphatic heterocycles. The number of nitrogens with zero attached hydrogens (tertiary/aromatic N) is 2. The predicted octanol–water partition coefficient (Wildman–Crippen LogP) is 2.75. The van der Waals surface area contributed by atoms with Gasteiger partial charge < -0.3 is 11.1 Å². The first kappa shape index (κ1) is 19.9. The van der Waals surface area contributed by atoms with Crippen molar-refractivity contribution in [3.05, 3.63) is 23.5 Å². The Kier molecular flexibility index (Phi) is 6.30. The molecule has 0 saturated heterocycles. The first-order valence-electron chi connectivity index (χ1n) is 8.49. The Morgan fingerprint density at radius 1 is 1.28 bits per heavy atom. The Morgan fingerprint density at radius 2 is 1.96 bits per heavy atom. The van der Waals surface area contributed by atoms with Crippen molar-refractivity contribution >= 4 is 41.8 Å². The lowest BCUT2D eigenvalue weighted by molar-refractivity contribution is 0.0756. The summed E-state index contributed by atoms with van der Waals surface area (Å²) in [6.07, 6.45) is 7.28. The molecule has 2 atom stereocenters. The highest BCUT2D eigenvalue weighted by molar-refractivity contribution is 5.97. The van der Waals surface area contributed by atoms with Crippen LogP contribution in [0.4, 0.5) is 0 Å². The Bertz CT molecular complexity index is 736. The predicted molar refractivity (Wildman–Crippen MR) is 102 cm³/mol. The minimum Gasteiger partial charge on any atom is -0.349 e. The molecule has 2 saturated carbocycles. The molecule has 2 aromatic heterocycles. The second-order valence-corrected chi connectivity index (χ2v) is 7.13. The number of nitrogens with one attached hydrogen (secondary N) is 2. The number of carbonyl (C=O) groups excluding carboxylic acids is 1. The summed E-state index contributed by atoms with van der Waals surface area (Å²) >= 11 is 0. The number of amides is 1. The molecule has 6 nitrogen and oxygen atoms in total. The monoisotopic (exact) mass is 385 g/mol. The number of aryl methyl sites for hydroxylation is 1. The van der Waals surface area contributed by atoms with Gasteiger partial charge in [0.2, 0.25) is 0 Å². The van der Waals surface area contributed by atoms with Gasteiger partial charge in [-0.2, -0.15) is 5.10 Å². The van der Waals surface area contributed by atoms with Crippen LogP contribution in [0, 0.1) is 18.8 Å². The van der Waals surface area contributed by atoms with Crippen LogP contribution in [0.2, 0.25) is 0 Å². The quantitative estimate of drug-likeness (QED) is 0.739. The van der Waals surface area contributed by atoms with Crippen LogP contribution in [0.3, 0.4) is 0 Å². The molecule has 2 aromatic rings. The van der Waals surface area contributed by atoms with Crippen molar-refractivity contribution in [2.75, 3.05) is 0 Å². The Hall–Kier alpha value is -1.37. The number of aromatic amines is 1. The molecule has 25 heavy (non-hydrogen) atoms. The molecule has 2 unspecified atom stereocenters. The lowest BCUT2D eigenvalue weighted by atomic mass is 9.67. The number of halogens is 2. The van der Waals surface area contributed by atoms with Crippen molar-refractivity contribution in [1.29, 1.82) is 0 Å². The molecule has 2 aliphatic carbocycles. The van der Waals surface area contributed by atoms with Crippen LogP contribution >= 0.6 is 24.8 Å². The van der Waals surface area contributed by atoms with Gasteiger partial charge in [0.25, 0.3) is 5.91 Å². The SMILES string of the molecule is Cc1[nH]nc2ncc(C(=O)NC3C4CCCC3CC(N)C4)cc12.Cl.Cl. The van der Waals surface area contributed by atoms with Gasteiger partial charge in [-0.15, -0.1) is 24.8 Å². The summed E-state index contributed by atoms with van der Waals surface area (Å²) in [5, 5.41) is 11.2. The highest BCUT2D eigenvalue weighted by Gasteiger charge is 2.40. The van der Waals surface area contributed by atoms with Gasteiger partial charge in [-0.05, 0) is 50.5 Å². The fraction of sp³-hybridized carbons (Fsp3) is 0.588. The Labute approximate surface area is 159 Å². The number of pyridine rings is 1. The summed E-state index contributed by atoms with van der Waals surface area (Å²) in [7, 11) is 0. The van der Waals surface area contributed by atoms with E-state index in [1.807, 2.05) is 13.0 Å². The smallest absolute Gasteiger partial charge is 0.253 e. The standard InChI is InChI=1S/C17H23N5O.2ClH/c1-9-14-7-12(8-19-16(14)22-21-9)17(23)20-15-10-3-2-4-11(15)6-13(18)5-10;;/h7-8,10-11,13,15H,2-6,18H2,1H3,(H,20,23)(H,19,21,22);2*1H. The van der Waals surface area contributed by atoms with Crippen molar-refractivity contribution in [3.63, 3.8) is 0 Å². The number of rotatable bonds is 2. The number of aromatic nitrogens is 3. The van der Waals surface area contributed by atoms with E-state index in [9.17, 15) is 4.79 Å². The molecule has 2 heterocycles. The van der Waals surface area contributed by atoms with Crippen molar-refractivity contribution in [2.45, 2.75) is 51.1 Å². The topological polar surface area (TPSA) is 96.7 Å². The van der Waals surface area contributed by atoms with Crippen molar-refractivity contribution in [2.24, 2.45) is 17.6 Å². The fourth-order valence-corrected chi connectivity index (χ4v) is 4.40. The van der Waals surface area contributed by atoms with Gasteiger partial charge in [0.15, 0.2) is 5.65 Å². The third-order valence-corrected chi connectivity index (χ3v) is 5.54. The molecule has 138 valence electrons. The first-order chi connectivity index (χ1) is 11.1. The molecule has 0 spiro atoms. The van der Waals surface area contributed by atoms with Crippen LogP contribution < -0.4 is 11.1 Å². The summed E-state index contributed by atoms with van der Waals surface area (Å²) in [6.45, 7) is 1.94. The maximum atomic E-state index is 12.7. The summed E-state index contributed by atoms with van der Waals surface area (Å²) in [6, 6.07) is 2.43. The highest BCUT2D eigenvalue weighted by Crippen LogP contribution is 2.39. The molecule has 4 N–H and O–H groups in total. The van der Waals surface area contributed by atoms with E-state index < -0.39 is 0 Å². The second-order valence-electron chi connectivity index (χ2n) is 7.13. The molecule has 2 aliphatic rings. The number of H-pyrrole nitrogens is 1. The average molecular weight is 386 g/mol. The van der Waals surface area contributed by atoms with Crippen LogP contribution in [0.1, 0.15) is 48.2 Å². The summed E-state index contributed by atoms with van der Waals surface area (Å²) in [5.41, 5.74) is 8.35. The highest BCUT2D eigenvalue weighted by atomic mass is 35.5. The van der Waals surface area contributed by atoms with E-state index in [1.165, 1.54) is 19.3 Å². The molecule has 8 heteroatoms. The van der Waals surface area contributed by atoms with Crippen molar-refractivity contribution in [1.82, 2.24) is 20.5 Å². The number of hydrogen-bond donors (Lipinski definition) is 3. The first-order valence-corrected chi connectivity index (χ1v) is 8.49. The molecule has 0 aromatic carbocycles. The van der Waals surface area contributed by atoms with Gasteiger partial charge in [-0.25, -0.2) is 4.98 Å². The third kappa shape index (κ3) is 3.76. The van der Waals surface area contributed by atoms with E-state index in [2.05, 4.69) is 20.5 Å². The Morgan fingerprint density at radius 3 is 2.64 bits per heavy atom. The number of nitrogens with two attached hydrogens (primary N) is 1. The molecule has 1 amide bonds. The zero-order valence-corrected chi connectivity index (χ0v) is 15.8. The number of hydrogen-bond acceptors (Lipinski definition) is 4. The largest absolute Gasteiger partial charge is 0.349 e. The minimum absolute atomic E-state index is 0. The van der Waals surface area contributed by atoms with Gasteiger partial charge in [0, 0.05) is 29.4 Å². The molecular formula is C17H25Cl2N5O.